The van der Waals surface area contributed by atoms with Crippen LogP contribution in [0.25, 0.3) is 0 Å². The predicted molar refractivity (Wildman–Crippen MR) is 83.2 cm³/mol. The van der Waals surface area contributed by atoms with Gasteiger partial charge in [-0.25, -0.2) is 13.1 Å². The summed E-state index contributed by atoms with van der Waals surface area (Å²) >= 11 is 5.89. The van der Waals surface area contributed by atoms with Gasteiger partial charge in [0.1, 0.15) is 5.75 Å². The van der Waals surface area contributed by atoms with Crippen molar-refractivity contribution in [1.82, 2.24) is 4.72 Å². The van der Waals surface area contributed by atoms with Crippen molar-refractivity contribution in [3.8, 4) is 5.75 Å². The van der Waals surface area contributed by atoms with Crippen LogP contribution in [0.3, 0.4) is 0 Å². The first-order chi connectivity index (χ1) is 9.92. The van der Waals surface area contributed by atoms with Crippen molar-refractivity contribution < 1.29 is 13.2 Å². The molecule has 0 saturated carbocycles. The van der Waals surface area contributed by atoms with Gasteiger partial charge in [-0.05, 0) is 24.6 Å². The average Bonchev–Trinajstić information content (AvgIpc) is 2.47. The minimum atomic E-state index is -3.61. The molecule has 0 amide bonds. The lowest BCUT2D eigenvalue weighted by Gasteiger charge is -2.09. The van der Waals surface area contributed by atoms with E-state index in [1.165, 1.54) is 25.3 Å². The van der Waals surface area contributed by atoms with Crippen LogP contribution in [0.2, 0.25) is 5.02 Å². The molecule has 0 spiro atoms. The Bertz CT molecular complexity index is 727. The highest BCUT2D eigenvalue weighted by molar-refractivity contribution is 7.89. The van der Waals surface area contributed by atoms with Crippen LogP contribution < -0.4 is 9.46 Å². The Labute approximate surface area is 129 Å². The second kappa shape index (κ2) is 6.47. The van der Waals surface area contributed by atoms with Crippen LogP contribution in [0.4, 0.5) is 0 Å². The van der Waals surface area contributed by atoms with Crippen LogP contribution in [0.5, 0.6) is 5.75 Å². The van der Waals surface area contributed by atoms with Gasteiger partial charge in [-0.15, -0.1) is 0 Å². The highest BCUT2D eigenvalue weighted by Crippen LogP contribution is 2.27. The van der Waals surface area contributed by atoms with Gasteiger partial charge in [0.15, 0.2) is 0 Å². The number of hydrogen-bond donors (Lipinski definition) is 1. The number of benzene rings is 2. The second-order valence-electron chi connectivity index (χ2n) is 4.61. The standard InChI is InChI=1S/C15H16ClNO3S/c1-11-3-5-12(6-4-11)10-17-21(18,19)13-7-8-14(16)15(9-13)20-2/h3-9,17H,10H2,1-2H3. The molecular formula is C15H16ClNO3S. The molecule has 0 aliphatic carbocycles. The van der Waals surface area contributed by atoms with Crippen molar-refractivity contribution in [3.05, 3.63) is 58.6 Å². The molecule has 4 nitrogen and oxygen atoms in total. The fourth-order valence-corrected chi connectivity index (χ4v) is 3.00. The third-order valence-corrected chi connectivity index (χ3v) is 4.73. The smallest absolute Gasteiger partial charge is 0.241 e. The van der Waals surface area contributed by atoms with Gasteiger partial charge in [0.05, 0.1) is 17.0 Å². The summed E-state index contributed by atoms with van der Waals surface area (Å²) in [4.78, 5) is 0.121. The van der Waals surface area contributed by atoms with Gasteiger partial charge in [-0.2, -0.15) is 0 Å². The first kappa shape index (κ1) is 15.8. The maximum Gasteiger partial charge on any atom is 0.241 e. The van der Waals surface area contributed by atoms with Crippen LogP contribution in [0.15, 0.2) is 47.4 Å². The lowest BCUT2D eigenvalue weighted by atomic mass is 10.2. The van der Waals surface area contributed by atoms with E-state index in [2.05, 4.69) is 4.72 Å². The van der Waals surface area contributed by atoms with Gasteiger partial charge in [0.2, 0.25) is 10.0 Å². The third-order valence-electron chi connectivity index (χ3n) is 3.02. The molecule has 0 heterocycles. The molecule has 0 radical (unpaired) electrons. The summed E-state index contributed by atoms with van der Waals surface area (Å²) in [6.07, 6.45) is 0. The molecule has 0 bridgehead atoms. The van der Waals surface area contributed by atoms with Gasteiger partial charge in [-0.3, -0.25) is 0 Å². The number of aryl methyl sites for hydroxylation is 1. The van der Waals surface area contributed by atoms with E-state index in [-0.39, 0.29) is 11.4 Å². The normalized spacial score (nSPS) is 11.4. The minimum Gasteiger partial charge on any atom is -0.495 e. The van der Waals surface area contributed by atoms with Crippen LogP contribution in [-0.4, -0.2) is 15.5 Å². The molecule has 1 N–H and O–H groups in total. The first-order valence-electron chi connectivity index (χ1n) is 6.31. The van der Waals surface area contributed by atoms with Gasteiger partial charge in [0, 0.05) is 12.6 Å². The number of sulfonamides is 1. The maximum absolute atomic E-state index is 12.2. The van der Waals surface area contributed by atoms with Crippen molar-refractivity contribution in [1.29, 1.82) is 0 Å². The van der Waals surface area contributed by atoms with E-state index in [1.54, 1.807) is 0 Å². The summed E-state index contributed by atoms with van der Waals surface area (Å²) in [6, 6.07) is 12.0. The Hall–Kier alpha value is -1.56. The molecule has 112 valence electrons. The topological polar surface area (TPSA) is 55.4 Å². The fraction of sp³-hybridized carbons (Fsp3) is 0.200. The summed E-state index contributed by atoms with van der Waals surface area (Å²) in [5.41, 5.74) is 2.02. The lowest BCUT2D eigenvalue weighted by molar-refractivity contribution is 0.413. The number of nitrogens with one attached hydrogen (secondary N) is 1. The molecular weight excluding hydrogens is 310 g/mol. The van der Waals surface area contributed by atoms with Gasteiger partial charge in [0.25, 0.3) is 0 Å². The van der Waals surface area contributed by atoms with Crippen molar-refractivity contribution in [2.45, 2.75) is 18.4 Å². The lowest BCUT2D eigenvalue weighted by Crippen LogP contribution is -2.23. The number of hydrogen-bond acceptors (Lipinski definition) is 3. The summed E-state index contributed by atoms with van der Waals surface area (Å²) < 4.78 is 32.1. The highest BCUT2D eigenvalue weighted by Gasteiger charge is 2.15. The van der Waals surface area contributed by atoms with E-state index in [9.17, 15) is 8.42 Å². The number of halogens is 1. The molecule has 21 heavy (non-hydrogen) atoms. The van der Waals surface area contributed by atoms with E-state index < -0.39 is 10.0 Å². The van der Waals surface area contributed by atoms with Crippen LogP contribution in [0, 0.1) is 6.92 Å². The highest BCUT2D eigenvalue weighted by atomic mass is 35.5. The van der Waals surface area contributed by atoms with Crippen molar-refractivity contribution in [3.63, 3.8) is 0 Å². The monoisotopic (exact) mass is 325 g/mol. The van der Waals surface area contributed by atoms with Crippen molar-refractivity contribution in [2.75, 3.05) is 7.11 Å². The van der Waals surface area contributed by atoms with E-state index in [4.69, 9.17) is 16.3 Å². The minimum absolute atomic E-state index is 0.121. The largest absolute Gasteiger partial charge is 0.495 e. The quantitative estimate of drug-likeness (QED) is 0.918. The zero-order valence-electron chi connectivity index (χ0n) is 11.8. The summed E-state index contributed by atoms with van der Waals surface area (Å²) in [5, 5.41) is 0.370. The second-order valence-corrected chi connectivity index (χ2v) is 6.78. The summed E-state index contributed by atoms with van der Waals surface area (Å²) in [7, 11) is -2.16. The Morgan fingerprint density at radius 1 is 1.14 bits per heavy atom. The van der Waals surface area contributed by atoms with Gasteiger partial charge in [-0.1, -0.05) is 41.4 Å². The van der Waals surface area contributed by atoms with Crippen LogP contribution in [-0.2, 0) is 16.6 Å². The zero-order chi connectivity index (χ0) is 15.5. The Kier molecular flexibility index (Phi) is 4.88. The molecule has 0 aliphatic rings. The average molecular weight is 326 g/mol. The van der Waals surface area contributed by atoms with E-state index in [0.717, 1.165) is 11.1 Å². The molecule has 0 saturated heterocycles. The fourth-order valence-electron chi connectivity index (χ4n) is 1.77. The molecule has 0 aliphatic heterocycles. The number of ether oxygens (including phenoxy) is 1. The Morgan fingerprint density at radius 3 is 2.43 bits per heavy atom. The van der Waals surface area contributed by atoms with Gasteiger partial charge < -0.3 is 4.74 Å². The molecule has 0 aromatic heterocycles. The molecule has 0 fully saturated rings. The zero-order valence-corrected chi connectivity index (χ0v) is 13.3. The molecule has 2 aromatic rings. The summed E-state index contributed by atoms with van der Waals surface area (Å²) in [6.45, 7) is 2.21. The molecule has 0 unspecified atom stereocenters. The van der Waals surface area contributed by atoms with Crippen molar-refractivity contribution in [2.24, 2.45) is 0 Å². The molecule has 6 heteroatoms. The molecule has 0 atom stereocenters. The Morgan fingerprint density at radius 2 is 1.81 bits per heavy atom. The molecule has 2 rings (SSSR count). The van der Waals surface area contributed by atoms with Crippen molar-refractivity contribution >= 4 is 21.6 Å². The number of methoxy groups -OCH3 is 1. The number of rotatable bonds is 5. The SMILES string of the molecule is COc1cc(S(=O)(=O)NCc2ccc(C)cc2)ccc1Cl. The van der Waals surface area contributed by atoms with Crippen LogP contribution in [0.1, 0.15) is 11.1 Å². The maximum atomic E-state index is 12.2. The Balaban J connectivity index is 2.16. The predicted octanol–water partition coefficient (Wildman–Crippen LogP) is 3.14. The third kappa shape index (κ3) is 3.97. The summed E-state index contributed by atoms with van der Waals surface area (Å²) in [5.74, 6) is 0.329. The molecule has 2 aromatic carbocycles. The van der Waals surface area contributed by atoms with E-state index in [1.807, 2.05) is 31.2 Å². The first-order valence-corrected chi connectivity index (χ1v) is 8.17. The van der Waals surface area contributed by atoms with E-state index >= 15 is 0 Å². The van der Waals surface area contributed by atoms with Gasteiger partial charge >= 0.3 is 0 Å². The van der Waals surface area contributed by atoms with E-state index in [0.29, 0.717) is 10.8 Å². The van der Waals surface area contributed by atoms with Crippen LogP contribution >= 0.6 is 11.6 Å².